The molecule has 2 aromatic carbocycles. The van der Waals surface area contributed by atoms with Gasteiger partial charge in [-0.15, -0.1) is 11.3 Å². The Balaban J connectivity index is 1.30. The maximum atomic E-state index is 12.0. The standard InChI is InChI=1S/C26H25N5O2S/c1-16(32)31-14-20(15-31)17-5-7-21(8-6-17)30-24-11-23(22(13-29-24)26(27)33)28-12-19-4-2-3-18-9-10-34-25(18)19/h2-11,13,20H,12,14-15H2,1H3,(H2,27,33)(H2,28,29,30). The van der Waals surface area contributed by atoms with Gasteiger partial charge in [-0.2, -0.15) is 0 Å². The fourth-order valence-electron chi connectivity index (χ4n) is 4.18. The minimum atomic E-state index is -0.527. The lowest BCUT2D eigenvalue weighted by molar-refractivity contribution is -0.133. The second-order valence-electron chi connectivity index (χ2n) is 8.46. The van der Waals surface area contributed by atoms with E-state index >= 15 is 0 Å². The van der Waals surface area contributed by atoms with Crippen molar-refractivity contribution in [3.8, 4) is 0 Å². The number of primary amides is 1. The van der Waals surface area contributed by atoms with E-state index in [1.165, 1.54) is 21.8 Å². The van der Waals surface area contributed by atoms with Gasteiger partial charge in [-0.3, -0.25) is 9.59 Å². The summed E-state index contributed by atoms with van der Waals surface area (Å²) in [7, 11) is 0. The third-order valence-corrected chi connectivity index (χ3v) is 7.19. The lowest BCUT2D eigenvalue weighted by Gasteiger charge is -2.39. The van der Waals surface area contributed by atoms with Crippen molar-refractivity contribution in [2.45, 2.75) is 19.4 Å². The van der Waals surface area contributed by atoms with Crippen LogP contribution >= 0.6 is 11.3 Å². The van der Waals surface area contributed by atoms with Crippen LogP contribution in [0.4, 0.5) is 17.2 Å². The Kier molecular flexibility index (Phi) is 5.90. The van der Waals surface area contributed by atoms with E-state index in [-0.39, 0.29) is 5.91 Å². The predicted octanol–water partition coefficient (Wildman–Crippen LogP) is 4.70. The van der Waals surface area contributed by atoms with Crippen molar-refractivity contribution < 1.29 is 9.59 Å². The van der Waals surface area contributed by atoms with Crippen molar-refractivity contribution in [1.29, 1.82) is 0 Å². The minimum Gasteiger partial charge on any atom is -0.380 e. The highest BCUT2D eigenvalue weighted by atomic mass is 32.1. The Labute approximate surface area is 201 Å². The third kappa shape index (κ3) is 4.45. The number of likely N-dealkylation sites (tertiary alicyclic amines) is 1. The number of pyridine rings is 1. The SMILES string of the molecule is CC(=O)N1CC(c2ccc(Nc3cc(NCc4cccc5ccsc45)c(C(N)=O)cn3)cc2)C1. The summed E-state index contributed by atoms with van der Waals surface area (Å²) in [5.74, 6) is 0.590. The summed E-state index contributed by atoms with van der Waals surface area (Å²) < 4.78 is 1.22. The molecule has 2 amide bonds. The first-order valence-electron chi connectivity index (χ1n) is 11.1. The quantitative estimate of drug-likeness (QED) is 0.363. The molecule has 0 bridgehead atoms. The molecular formula is C26H25N5O2S. The van der Waals surface area contributed by atoms with E-state index < -0.39 is 5.91 Å². The lowest BCUT2D eigenvalue weighted by atomic mass is 9.91. The van der Waals surface area contributed by atoms with Gasteiger partial charge in [0.1, 0.15) is 5.82 Å². The topological polar surface area (TPSA) is 100 Å². The fourth-order valence-corrected chi connectivity index (χ4v) is 5.10. The van der Waals surface area contributed by atoms with Crippen molar-refractivity contribution in [1.82, 2.24) is 9.88 Å². The molecule has 5 rings (SSSR count). The van der Waals surface area contributed by atoms with E-state index in [4.69, 9.17) is 5.73 Å². The van der Waals surface area contributed by atoms with Gasteiger partial charge in [-0.1, -0.05) is 30.3 Å². The first-order chi connectivity index (χ1) is 16.5. The number of nitrogens with zero attached hydrogens (tertiary/aromatic N) is 2. The van der Waals surface area contributed by atoms with Crippen LogP contribution in [0.2, 0.25) is 0 Å². The Morgan fingerprint density at radius 3 is 2.68 bits per heavy atom. The van der Waals surface area contributed by atoms with Gasteiger partial charge in [-0.25, -0.2) is 4.98 Å². The molecule has 1 saturated heterocycles. The number of carbonyl (C=O) groups is 2. The number of amides is 2. The van der Waals surface area contributed by atoms with E-state index in [1.54, 1.807) is 24.3 Å². The summed E-state index contributed by atoms with van der Waals surface area (Å²) in [4.78, 5) is 29.6. The lowest BCUT2D eigenvalue weighted by Crippen LogP contribution is -2.47. The first-order valence-corrected chi connectivity index (χ1v) is 12.0. The highest BCUT2D eigenvalue weighted by molar-refractivity contribution is 7.17. The maximum absolute atomic E-state index is 12.0. The van der Waals surface area contributed by atoms with Crippen molar-refractivity contribution in [3.05, 3.63) is 82.9 Å². The summed E-state index contributed by atoms with van der Waals surface area (Å²) in [6.07, 6.45) is 1.50. The Morgan fingerprint density at radius 1 is 1.15 bits per heavy atom. The number of fused-ring (bicyclic) bond motifs is 1. The smallest absolute Gasteiger partial charge is 0.252 e. The maximum Gasteiger partial charge on any atom is 0.252 e. The summed E-state index contributed by atoms with van der Waals surface area (Å²) in [6, 6.07) is 18.3. The van der Waals surface area contributed by atoms with E-state index in [0.717, 1.165) is 24.3 Å². The molecule has 8 heteroatoms. The van der Waals surface area contributed by atoms with Crippen LogP contribution in [0.15, 0.2) is 66.2 Å². The molecule has 0 spiro atoms. The number of carbonyl (C=O) groups excluding carboxylic acids is 2. The normalized spacial score (nSPS) is 13.5. The van der Waals surface area contributed by atoms with Crippen LogP contribution in [-0.2, 0) is 11.3 Å². The van der Waals surface area contributed by atoms with E-state index in [9.17, 15) is 9.59 Å². The zero-order valence-corrected chi connectivity index (χ0v) is 19.6. The van der Waals surface area contributed by atoms with Gasteiger partial charge in [-0.05, 0) is 40.1 Å². The van der Waals surface area contributed by atoms with Crippen LogP contribution in [0.3, 0.4) is 0 Å². The number of thiophene rings is 1. The number of anilines is 3. The first kappa shape index (κ1) is 21.9. The molecule has 4 aromatic rings. The molecular weight excluding hydrogens is 446 g/mol. The largest absolute Gasteiger partial charge is 0.380 e. The highest BCUT2D eigenvalue weighted by Crippen LogP contribution is 2.29. The molecule has 0 saturated carbocycles. The van der Waals surface area contributed by atoms with Gasteiger partial charge in [0, 0.05) is 55.1 Å². The molecule has 1 aliphatic rings. The minimum absolute atomic E-state index is 0.122. The third-order valence-electron chi connectivity index (χ3n) is 6.18. The number of nitrogens with one attached hydrogen (secondary N) is 2. The Bertz CT molecular complexity index is 1360. The Hall–Kier alpha value is -3.91. The van der Waals surface area contributed by atoms with Crippen LogP contribution in [0, 0.1) is 0 Å². The highest BCUT2D eigenvalue weighted by Gasteiger charge is 2.29. The monoisotopic (exact) mass is 471 g/mol. The molecule has 1 fully saturated rings. The Morgan fingerprint density at radius 2 is 1.94 bits per heavy atom. The summed E-state index contributed by atoms with van der Waals surface area (Å²) >= 11 is 1.70. The van der Waals surface area contributed by atoms with Crippen LogP contribution in [0.25, 0.3) is 10.1 Å². The zero-order chi connectivity index (χ0) is 23.7. The molecule has 7 nitrogen and oxygen atoms in total. The average Bonchev–Trinajstić information content (AvgIpc) is 3.27. The molecule has 0 aliphatic carbocycles. The summed E-state index contributed by atoms with van der Waals surface area (Å²) in [6.45, 7) is 3.71. The van der Waals surface area contributed by atoms with E-state index in [0.29, 0.717) is 29.5 Å². The number of hydrogen-bond donors (Lipinski definition) is 3. The molecule has 4 N–H and O–H groups in total. The molecule has 0 atom stereocenters. The predicted molar refractivity (Wildman–Crippen MR) is 137 cm³/mol. The number of aromatic nitrogens is 1. The second kappa shape index (κ2) is 9.15. The number of hydrogen-bond acceptors (Lipinski definition) is 6. The zero-order valence-electron chi connectivity index (χ0n) is 18.7. The summed E-state index contributed by atoms with van der Waals surface area (Å²) in [5, 5.41) is 9.94. The van der Waals surface area contributed by atoms with E-state index in [2.05, 4.69) is 51.3 Å². The molecule has 0 unspecified atom stereocenters. The number of benzene rings is 2. The molecule has 1 aliphatic heterocycles. The molecule has 0 radical (unpaired) electrons. The van der Waals surface area contributed by atoms with Gasteiger partial charge < -0.3 is 21.3 Å². The molecule has 3 heterocycles. The van der Waals surface area contributed by atoms with Crippen molar-refractivity contribution >= 4 is 50.4 Å². The molecule has 172 valence electrons. The van der Waals surface area contributed by atoms with Gasteiger partial charge in [0.2, 0.25) is 5.91 Å². The molecule has 34 heavy (non-hydrogen) atoms. The van der Waals surface area contributed by atoms with Gasteiger partial charge in [0.15, 0.2) is 0 Å². The van der Waals surface area contributed by atoms with Gasteiger partial charge in [0.25, 0.3) is 5.91 Å². The van der Waals surface area contributed by atoms with Crippen LogP contribution in [0.5, 0.6) is 0 Å². The van der Waals surface area contributed by atoms with Crippen LogP contribution in [0.1, 0.15) is 34.3 Å². The van der Waals surface area contributed by atoms with Gasteiger partial charge >= 0.3 is 0 Å². The second-order valence-corrected chi connectivity index (χ2v) is 9.37. The van der Waals surface area contributed by atoms with Crippen molar-refractivity contribution in [2.24, 2.45) is 5.73 Å². The summed E-state index contributed by atoms with van der Waals surface area (Å²) in [5.41, 5.74) is 9.83. The van der Waals surface area contributed by atoms with Crippen LogP contribution in [-0.4, -0.2) is 34.8 Å². The average molecular weight is 472 g/mol. The number of nitrogens with two attached hydrogens (primary N) is 1. The fraction of sp³-hybridized carbons (Fsp3) is 0.192. The molecule has 2 aromatic heterocycles. The van der Waals surface area contributed by atoms with Crippen molar-refractivity contribution in [2.75, 3.05) is 23.7 Å². The van der Waals surface area contributed by atoms with E-state index in [1.807, 2.05) is 23.1 Å². The van der Waals surface area contributed by atoms with Gasteiger partial charge in [0.05, 0.1) is 11.3 Å². The van der Waals surface area contributed by atoms with Crippen LogP contribution < -0.4 is 16.4 Å². The number of rotatable bonds is 7. The van der Waals surface area contributed by atoms with Crippen molar-refractivity contribution in [3.63, 3.8) is 0 Å².